The minimum absolute atomic E-state index is 0.0992. The minimum atomic E-state index is -0.138. The number of halogens is 2. The maximum Gasteiger partial charge on any atom is 0.242 e. The number of nitrogens with one attached hydrogen (secondary N) is 1. The molecule has 0 fully saturated rings. The van der Waals surface area contributed by atoms with Gasteiger partial charge in [0.25, 0.3) is 0 Å². The summed E-state index contributed by atoms with van der Waals surface area (Å²) in [5, 5.41) is 4.86. The van der Waals surface area contributed by atoms with Gasteiger partial charge in [-0.25, -0.2) is 5.43 Å². The fraction of sp³-hybridized carbons (Fsp3) is 0.273. The van der Waals surface area contributed by atoms with E-state index in [1.807, 2.05) is 0 Å². The largest absolute Gasteiger partial charge is 0.273 e. The number of carbonyl (C=O) groups is 1. The third-order valence-electron chi connectivity index (χ3n) is 1.87. The highest BCUT2D eigenvalue weighted by Gasteiger charge is 2.04. The van der Waals surface area contributed by atoms with Gasteiger partial charge in [0, 0.05) is 16.5 Å². The number of rotatable bonds is 3. The van der Waals surface area contributed by atoms with E-state index in [1.54, 1.807) is 32.0 Å². The fourth-order valence-electron chi connectivity index (χ4n) is 0.901. The minimum Gasteiger partial charge on any atom is -0.273 e. The number of hydrogen-bond donors (Lipinski definition) is 1. The van der Waals surface area contributed by atoms with Crippen LogP contribution in [0.2, 0.25) is 10.0 Å². The monoisotopic (exact) mass is 258 g/mol. The van der Waals surface area contributed by atoms with Crippen molar-refractivity contribution < 1.29 is 4.79 Å². The van der Waals surface area contributed by atoms with E-state index in [1.165, 1.54) is 6.21 Å². The van der Waals surface area contributed by atoms with Gasteiger partial charge in [0.05, 0.1) is 11.2 Å². The fourth-order valence-corrected chi connectivity index (χ4v) is 1.36. The summed E-state index contributed by atoms with van der Waals surface area (Å²) >= 11 is 11.7. The van der Waals surface area contributed by atoms with Gasteiger partial charge >= 0.3 is 0 Å². The first kappa shape index (κ1) is 13.0. The molecular formula is C11H12Cl2N2O. The molecule has 0 bridgehead atoms. The van der Waals surface area contributed by atoms with Crippen molar-refractivity contribution in [3.8, 4) is 0 Å². The maximum atomic E-state index is 11.2. The molecule has 0 radical (unpaired) electrons. The van der Waals surface area contributed by atoms with Crippen molar-refractivity contribution in [2.45, 2.75) is 13.8 Å². The Labute approximate surface area is 104 Å². The van der Waals surface area contributed by atoms with Crippen molar-refractivity contribution in [2.24, 2.45) is 11.0 Å². The molecule has 86 valence electrons. The summed E-state index contributed by atoms with van der Waals surface area (Å²) in [6, 6.07) is 5.06. The van der Waals surface area contributed by atoms with Crippen molar-refractivity contribution in [1.82, 2.24) is 5.43 Å². The third kappa shape index (κ3) is 3.83. The first-order valence-electron chi connectivity index (χ1n) is 4.78. The first-order valence-corrected chi connectivity index (χ1v) is 5.54. The van der Waals surface area contributed by atoms with Gasteiger partial charge in [0.1, 0.15) is 0 Å². The van der Waals surface area contributed by atoms with Crippen LogP contribution in [0.25, 0.3) is 0 Å². The van der Waals surface area contributed by atoms with E-state index in [2.05, 4.69) is 10.5 Å². The molecule has 0 aliphatic carbocycles. The molecule has 0 aliphatic rings. The van der Waals surface area contributed by atoms with Crippen LogP contribution in [0.5, 0.6) is 0 Å². The zero-order valence-electron chi connectivity index (χ0n) is 9.00. The molecule has 0 aromatic heterocycles. The van der Waals surface area contributed by atoms with E-state index in [0.29, 0.717) is 15.6 Å². The van der Waals surface area contributed by atoms with Gasteiger partial charge in [-0.3, -0.25) is 4.79 Å². The molecular weight excluding hydrogens is 247 g/mol. The lowest BCUT2D eigenvalue weighted by Crippen LogP contribution is -2.22. The lowest BCUT2D eigenvalue weighted by molar-refractivity contribution is -0.123. The van der Waals surface area contributed by atoms with Crippen molar-refractivity contribution >= 4 is 35.3 Å². The Balaban J connectivity index is 2.66. The van der Waals surface area contributed by atoms with Crippen LogP contribution in [0.3, 0.4) is 0 Å². The molecule has 1 aromatic rings. The van der Waals surface area contributed by atoms with Gasteiger partial charge in [-0.1, -0.05) is 43.1 Å². The molecule has 0 saturated heterocycles. The Bertz CT molecular complexity index is 416. The molecule has 1 N–H and O–H groups in total. The molecule has 1 rings (SSSR count). The van der Waals surface area contributed by atoms with E-state index < -0.39 is 0 Å². The lowest BCUT2D eigenvalue weighted by atomic mass is 10.2. The van der Waals surface area contributed by atoms with Gasteiger partial charge in [0.2, 0.25) is 5.91 Å². The average molecular weight is 259 g/mol. The van der Waals surface area contributed by atoms with E-state index in [0.717, 1.165) is 0 Å². The zero-order chi connectivity index (χ0) is 12.1. The highest BCUT2D eigenvalue weighted by molar-refractivity contribution is 6.36. The second kappa shape index (κ2) is 5.87. The average Bonchev–Trinajstić information content (AvgIpc) is 2.20. The summed E-state index contributed by atoms with van der Waals surface area (Å²) in [5.41, 5.74) is 3.12. The number of benzene rings is 1. The van der Waals surface area contributed by atoms with E-state index in [9.17, 15) is 4.79 Å². The van der Waals surface area contributed by atoms with E-state index >= 15 is 0 Å². The van der Waals surface area contributed by atoms with Crippen LogP contribution in [0.4, 0.5) is 0 Å². The highest BCUT2D eigenvalue weighted by Crippen LogP contribution is 2.19. The van der Waals surface area contributed by atoms with Crippen LogP contribution in [0, 0.1) is 5.92 Å². The van der Waals surface area contributed by atoms with Crippen molar-refractivity contribution in [3.05, 3.63) is 33.8 Å². The molecule has 0 atom stereocenters. The van der Waals surface area contributed by atoms with Crippen LogP contribution in [0.15, 0.2) is 23.3 Å². The quantitative estimate of drug-likeness (QED) is 0.657. The SMILES string of the molecule is CC(C)C(=O)N/N=C\c1ccc(Cl)cc1Cl. The molecule has 1 amide bonds. The summed E-state index contributed by atoms with van der Waals surface area (Å²) in [6.07, 6.45) is 1.49. The molecule has 1 aromatic carbocycles. The van der Waals surface area contributed by atoms with Gasteiger partial charge < -0.3 is 0 Å². The number of amides is 1. The summed E-state index contributed by atoms with van der Waals surface area (Å²) < 4.78 is 0. The predicted octanol–water partition coefficient (Wildman–Crippen LogP) is 3.10. The van der Waals surface area contributed by atoms with Gasteiger partial charge in [-0.15, -0.1) is 0 Å². The lowest BCUT2D eigenvalue weighted by Gasteiger charge is -2.02. The predicted molar refractivity (Wildman–Crippen MR) is 67.0 cm³/mol. The summed E-state index contributed by atoms with van der Waals surface area (Å²) in [7, 11) is 0. The number of hydrazone groups is 1. The number of nitrogens with zero attached hydrogens (tertiary/aromatic N) is 1. The Morgan fingerprint density at radius 2 is 2.12 bits per heavy atom. The maximum absolute atomic E-state index is 11.2. The number of carbonyl (C=O) groups excluding carboxylic acids is 1. The van der Waals surface area contributed by atoms with E-state index in [-0.39, 0.29) is 11.8 Å². The summed E-state index contributed by atoms with van der Waals surface area (Å²) in [5.74, 6) is -0.237. The van der Waals surface area contributed by atoms with Crippen molar-refractivity contribution in [2.75, 3.05) is 0 Å². The van der Waals surface area contributed by atoms with Crippen LogP contribution < -0.4 is 5.43 Å². The molecule has 0 unspecified atom stereocenters. The van der Waals surface area contributed by atoms with Crippen molar-refractivity contribution in [3.63, 3.8) is 0 Å². The van der Waals surface area contributed by atoms with Gasteiger partial charge in [-0.05, 0) is 12.1 Å². The topological polar surface area (TPSA) is 41.5 Å². The van der Waals surface area contributed by atoms with Crippen molar-refractivity contribution in [1.29, 1.82) is 0 Å². The molecule has 0 heterocycles. The Morgan fingerprint density at radius 3 is 2.69 bits per heavy atom. The molecule has 0 aliphatic heterocycles. The van der Waals surface area contributed by atoms with Crippen LogP contribution in [-0.2, 0) is 4.79 Å². The normalized spacial score (nSPS) is 11.1. The molecule has 3 nitrogen and oxygen atoms in total. The Morgan fingerprint density at radius 1 is 1.44 bits per heavy atom. The van der Waals surface area contributed by atoms with Crippen LogP contribution >= 0.6 is 23.2 Å². The smallest absolute Gasteiger partial charge is 0.242 e. The Hall–Kier alpha value is -1.06. The zero-order valence-corrected chi connectivity index (χ0v) is 10.5. The third-order valence-corrected chi connectivity index (χ3v) is 2.43. The van der Waals surface area contributed by atoms with Crippen LogP contribution in [0.1, 0.15) is 19.4 Å². The molecule has 16 heavy (non-hydrogen) atoms. The second-order valence-corrected chi connectivity index (χ2v) is 4.40. The second-order valence-electron chi connectivity index (χ2n) is 3.55. The van der Waals surface area contributed by atoms with Gasteiger partial charge in [-0.2, -0.15) is 5.10 Å². The van der Waals surface area contributed by atoms with Gasteiger partial charge in [0.15, 0.2) is 0 Å². The summed E-state index contributed by atoms with van der Waals surface area (Å²) in [6.45, 7) is 3.58. The molecule has 0 saturated carbocycles. The van der Waals surface area contributed by atoms with E-state index in [4.69, 9.17) is 23.2 Å². The first-order chi connectivity index (χ1) is 7.50. The number of hydrogen-bond acceptors (Lipinski definition) is 2. The standard InChI is InChI=1S/C11H12Cl2N2O/c1-7(2)11(16)15-14-6-8-3-4-9(12)5-10(8)13/h3-7H,1-2H3,(H,15,16)/b14-6-. The van der Waals surface area contributed by atoms with Crippen LogP contribution in [-0.4, -0.2) is 12.1 Å². The summed E-state index contributed by atoms with van der Waals surface area (Å²) in [4.78, 5) is 11.2. The Kier molecular flexibility index (Phi) is 4.77. The molecule has 0 spiro atoms. The highest BCUT2D eigenvalue weighted by atomic mass is 35.5. The molecule has 5 heteroatoms.